The van der Waals surface area contributed by atoms with Gasteiger partial charge in [-0.2, -0.15) is 5.10 Å². The number of benzene rings is 1. The molecule has 7 heteroatoms. The van der Waals surface area contributed by atoms with Crippen LogP contribution in [0, 0.1) is 6.92 Å². The van der Waals surface area contributed by atoms with E-state index in [9.17, 15) is 9.59 Å². The molecule has 1 aromatic heterocycles. The van der Waals surface area contributed by atoms with Gasteiger partial charge >= 0.3 is 11.8 Å². The molecule has 2 amide bonds. The number of rotatable bonds is 5. The number of hydrazone groups is 1. The molecular formula is C16H17N3O4. The predicted molar refractivity (Wildman–Crippen MR) is 85.4 cm³/mol. The molecule has 120 valence electrons. The van der Waals surface area contributed by atoms with Gasteiger partial charge in [-0.25, -0.2) is 5.43 Å². The molecule has 0 aliphatic carbocycles. The van der Waals surface area contributed by atoms with Gasteiger partial charge in [-0.05, 0) is 38.1 Å². The molecule has 0 saturated carbocycles. The van der Waals surface area contributed by atoms with E-state index in [0.717, 1.165) is 5.76 Å². The second-order valence-electron chi connectivity index (χ2n) is 4.53. The van der Waals surface area contributed by atoms with Gasteiger partial charge in [0.05, 0.1) is 18.5 Å². The van der Waals surface area contributed by atoms with E-state index in [0.29, 0.717) is 23.8 Å². The zero-order chi connectivity index (χ0) is 16.7. The highest BCUT2D eigenvalue weighted by molar-refractivity contribution is 6.39. The topological polar surface area (TPSA) is 92.9 Å². The van der Waals surface area contributed by atoms with Crippen LogP contribution in [0.1, 0.15) is 18.4 Å². The van der Waals surface area contributed by atoms with Crippen LogP contribution in [0.5, 0.6) is 5.75 Å². The monoisotopic (exact) mass is 315 g/mol. The summed E-state index contributed by atoms with van der Waals surface area (Å²) in [6.07, 6.45) is 1.31. The molecule has 0 saturated heterocycles. The summed E-state index contributed by atoms with van der Waals surface area (Å²) in [5.41, 5.74) is 2.55. The normalized spacial score (nSPS) is 10.5. The number of nitrogens with one attached hydrogen (secondary N) is 2. The summed E-state index contributed by atoms with van der Waals surface area (Å²) in [6, 6.07) is 10.3. The molecule has 0 bridgehead atoms. The molecule has 1 heterocycles. The Bertz CT molecular complexity index is 722. The van der Waals surface area contributed by atoms with Crippen LogP contribution in [0.15, 0.2) is 45.9 Å². The van der Waals surface area contributed by atoms with Crippen LogP contribution in [-0.4, -0.2) is 24.6 Å². The fraction of sp³-hybridized carbons (Fsp3) is 0.188. The van der Waals surface area contributed by atoms with E-state index in [1.807, 2.05) is 6.92 Å². The van der Waals surface area contributed by atoms with Crippen LogP contribution in [-0.2, 0) is 9.59 Å². The van der Waals surface area contributed by atoms with Crippen LogP contribution in [0.25, 0.3) is 0 Å². The molecule has 0 spiro atoms. The summed E-state index contributed by atoms with van der Waals surface area (Å²) in [4.78, 5) is 23.5. The van der Waals surface area contributed by atoms with Gasteiger partial charge in [0.1, 0.15) is 17.3 Å². The summed E-state index contributed by atoms with van der Waals surface area (Å²) in [5.74, 6) is -0.0422. The molecule has 0 fully saturated rings. The van der Waals surface area contributed by atoms with Gasteiger partial charge in [0.25, 0.3) is 0 Å². The number of aryl methyl sites for hydroxylation is 1. The third-order valence-corrected chi connectivity index (χ3v) is 2.76. The van der Waals surface area contributed by atoms with Crippen LogP contribution in [0.2, 0.25) is 0 Å². The molecule has 0 aliphatic rings. The number of hydrogen-bond donors (Lipinski definition) is 2. The third kappa shape index (κ3) is 4.70. The third-order valence-electron chi connectivity index (χ3n) is 2.76. The molecule has 1 aromatic carbocycles. The van der Waals surface area contributed by atoms with Crippen molar-refractivity contribution in [3.8, 4) is 5.75 Å². The van der Waals surface area contributed by atoms with E-state index in [1.165, 1.54) is 6.21 Å². The van der Waals surface area contributed by atoms with E-state index in [4.69, 9.17) is 9.15 Å². The number of hydrogen-bond acceptors (Lipinski definition) is 5. The molecule has 0 unspecified atom stereocenters. The standard InChI is InChI=1S/C16H17N3O4/c1-3-22-14-7-5-4-6-13(14)18-15(20)16(21)19-17-10-12-9-8-11(2)23-12/h4-10H,3H2,1-2H3,(H,18,20)(H,19,21)/b17-10-. The van der Waals surface area contributed by atoms with E-state index >= 15 is 0 Å². The van der Waals surface area contributed by atoms with Crippen molar-refractivity contribution in [2.45, 2.75) is 13.8 Å². The largest absolute Gasteiger partial charge is 0.492 e. The first kappa shape index (κ1) is 16.3. The maximum atomic E-state index is 11.8. The summed E-state index contributed by atoms with van der Waals surface area (Å²) < 4.78 is 10.6. The maximum Gasteiger partial charge on any atom is 0.329 e. The van der Waals surface area contributed by atoms with Crippen LogP contribution >= 0.6 is 0 Å². The number of ether oxygens (including phenoxy) is 1. The number of para-hydroxylation sites is 2. The second-order valence-corrected chi connectivity index (χ2v) is 4.53. The number of carbonyl (C=O) groups excluding carboxylic acids is 2. The number of carbonyl (C=O) groups is 2. The van der Waals surface area contributed by atoms with Crippen LogP contribution in [0.4, 0.5) is 5.69 Å². The fourth-order valence-corrected chi connectivity index (χ4v) is 1.76. The minimum atomic E-state index is -0.893. The zero-order valence-corrected chi connectivity index (χ0v) is 12.8. The Hall–Kier alpha value is -3.09. The van der Waals surface area contributed by atoms with E-state index in [1.54, 1.807) is 43.3 Å². The van der Waals surface area contributed by atoms with Crippen molar-refractivity contribution < 1.29 is 18.7 Å². The summed E-state index contributed by atoms with van der Waals surface area (Å²) in [7, 11) is 0. The van der Waals surface area contributed by atoms with Gasteiger partial charge in [-0.1, -0.05) is 12.1 Å². The van der Waals surface area contributed by atoms with Crippen molar-refractivity contribution in [3.05, 3.63) is 47.9 Å². The molecule has 0 atom stereocenters. The number of nitrogens with zero attached hydrogens (tertiary/aromatic N) is 1. The SMILES string of the molecule is CCOc1ccccc1NC(=O)C(=O)N/N=C\c1ccc(C)o1. The lowest BCUT2D eigenvalue weighted by Gasteiger charge is -2.10. The molecule has 0 aliphatic heterocycles. The second kappa shape index (κ2) is 7.79. The van der Waals surface area contributed by atoms with Crippen molar-refractivity contribution in [1.82, 2.24) is 5.43 Å². The molecule has 7 nitrogen and oxygen atoms in total. The number of anilines is 1. The van der Waals surface area contributed by atoms with Crippen molar-refractivity contribution in [2.75, 3.05) is 11.9 Å². The smallest absolute Gasteiger partial charge is 0.329 e. The van der Waals surface area contributed by atoms with Crippen molar-refractivity contribution in [1.29, 1.82) is 0 Å². The van der Waals surface area contributed by atoms with Gasteiger partial charge in [-0.15, -0.1) is 0 Å². The van der Waals surface area contributed by atoms with Crippen LogP contribution < -0.4 is 15.5 Å². The highest BCUT2D eigenvalue weighted by Gasteiger charge is 2.15. The predicted octanol–water partition coefficient (Wildman–Crippen LogP) is 2.08. The lowest BCUT2D eigenvalue weighted by molar-refractivity contribution is -0.136. The summed E-state index contributed by atoms with van der Waals surface area (Å²) in [6.45, 7) is 4.07. The van der Waals surface area contributed by atoms with Crippen molar-refractivity contribution >= 4 is 23.7 Å². The molecule has 2 N–H and O–H groups in total. The van der Waals surface area contributed by atoms with Crippen molar-refractivity contribution in [3.63, 3.8) is 0 Å². The highest BCUT2D eigenvalue weighted by atomic mass is 16.5. The lowest BCUT2D eigenvalue weighted by Crippen LogP contribution is -2.32. The van der Waals surface area contributed by atoms with Gasteiger partial charge in [0.2, 0.25) is 0 Å². The Morgan fingerprint density at radius 3 is 2.70 bits per heavy atom. The van der Waals surface area contributed by atoms with E-state index < -0.39 is 11.8 Å². The minimum Gasteiger partial charge on any atom is -0.492 e. The molecule has 2 aromatic rings. The highest BCUT2D eigenvalue weighted by Crippen LogP contribution is 2.23. The maximum absolute atomic E-state index is 11.8. The number of furan rings is 1. The molecule has 2 rings (SSSR count). The van der Waals surface area contributed by atoms with Gasteiger partial charge < -0.3 is 14.5 Å². The Labute approximate surface area is 133 Å². The Balaban J connectivity index is 1.92. The molecular weight excluding hydrogens is 298 g/mol. The quantitative estimate of drug-likeness (QED) is 0.502. The van der Waals surface area contributed by atoms with E-state index in [2.05, 4.69) is 15.8 Å². The van der Waals surface area contributed by atoms with Gasteiger partial charge in [-0.3, -0.25) is 9.59 Å². The lowest BCUT2D eigenvalue weighted by atomic mass is 10.3. The Morgan fingerprint density at radius 2 is 2.00 bits per heavy atom. The zero-order valence-electron chi connectivity index (χ0n) is 12.8. The fourth-order valence-electron chi connectivity index (χ4n) is 1.76. The molecule has 23 heavy (non-hydrogen) atoms. The Kier molecular flexibility index (Phi) is 5.51. The van der Waals surface area contributed by atoms with Gasteiger partial charge in [0, 0.05) is 0 Å². The first-order valence-electron chi connectivity index (χ1n) is 7.02. The van der Waals surface area contributed by atoms with Crippen LogP contribution in [0.3, 0.4) is 0 Å². The molecule has 0 radical (unpaired) electrons. The average Bonchev–Trinajstić information content (AvgIpc) is 2.94. The number of amides is 2. The first-order valence-corrected chi connectivity index (χ1v) is 7.02. The average molecular weight is 315 g/mol. The summed E-state index contributed by atoms with van der Waals surface area (Å²) in [5, 5.41) is 6.14. The first-order chi connectivity index (χ1) is 11.1. The van der Waals surface area contributed by atoms with Gasteiger partial charge in [0.15, 0.2) is 0 Å². The van der Waals surface area contributed by atoms with Crippen molar-refractivity contribution in [2.24, 2.45) is 5.10 Å². The van der Waals surface area contributed by atoms with E-state index in [-0.39, 0.29) is 0 Å². The summed E-state index contributed by atoms with van der Waals surface area (Å²) >= 11 is 0. The minimum absolute atomic E-state index is 0.417. The Morgan fingerprint density at radius 1 is 1.22 bits per heavy atom.